The van der Waals surface area contributed by atoms with Gasteiger partial charge in [-0.3, -0.25) is 9.48 Å². The van der Waals surface area contributed by atoms with E-state index in [4.69, 9.17) is 4.74 Å². The molecule has 1 saturated heterocycles. The minimum absolute atomic E-state index is 0.194. The van der Waals surface area contributed by atoms with Crippen LogP contribution in [0.4, 0.5) is 17.3 Å². The minimum Gasteiger partial charge on any atom is -0.494 e. The van der Waals surface area contributed by atoms with E-state index in [9.17, 15) is 4.79 Å². The van der Waals surface area contributed by atoms with Crippen molar-refractivity contribution in [1.29, 1.82) is 0 Å². The molecule has 176 valence electrons. The molecule has 1 aliphatic heterocycles. The van der Waals surface area contributed by atoms with Gasteiger partial charge < -0.3 is 19.9 Å². The second-order valence-corrected chi connectivity index (χ2v) is 8.66. The molecule has 0 atom stereocenters. The first-order chi connectivity index (χ1) is 16.5. The minimum atomic E-state index is -0.194. The Labute approximate surface area is 198 Å². The molecule has 0 saturated carbocycles. The maximum Gasteiger partial charge on any atom is 0.282 e. The maximum absolute atomic E-state index is 13.1. The van der Waals surface area contributed by atoms with Crippen LogP contribution in [0.1, 0.15) is 5.56 Å². The third-order valence-electron chi connectivity index (χ3n) is 6.41. The van der Waals surface area contributed by atoms with Crippen molar-refractivity contribution < 1.29 is 4.74 Å². The summed E-state index contributed by atoms with van der Waals surface area (Å²) >= 11 is 0. The molecule has 0 radical (unpaired) electrons. The van der Waals surface area contributed by atoms with Gasteiger partial charge in [0.15, 0.2) is 5.65 Å². The molecule has 0 aliphatic carbocycles. The van der Waals surface area contributed by atoms with E-state index in [0.29, 0.717) is 28.4 Å². The topological polar surface area (TPSA) is 80.5 Å². The van der Waals surface area contributed by atoms with Gasteiger partial charge in [-0.1, -0.05) is 12.1 Å². The van der Waals surface area contributed by atoms with Crippen molar-refractivity contribution in [1.82, 2.24) is 24.2 Å². The molecular weight excluding hydrogens is 430 g/mol. The summed E-state index contributed by atoms with van der Waals surface area (Å²) in [6.07, 6.45) is 1.57. The highest BCUT2D eigenvalue weighted by Gasteiger charge is 2.18. The summed E-state index contributed by atoms with van der Waals surface area (Å²) in [5.41, 5.74) is 4.36. The molecule has 0 bridgehead atoms. The number of hydrogen-bond acceptors (Lipinski definition) is 7. The van der Waals surface area contributed by atoms with Gasteiger partial charge in [0, 0.05) is 50.8 Å². The van der Waals surface area contributed by atoms with E-state index in [0.717, 1.165) is 31.9 Å². The van der Waals surface area contributed by atoms with Crippen molar-refractivity contribution in [2.75, 3.05) is 50.6 Å². The predicted molar refractivity (Wildman–Crippen MR) is 135 cm³/mol. The van der Waals surface area contributed by atoms with Crippen LogP contribution in [-0.2, 0) is 7.05 Å². The summed E-state index contributed by atoms with van der Waals surface area (Å²) in [5, 5.41) is 3.74. The van der Waals surface area contributed by atoms with Crippen molar-refractivity contribution in [3.63, 3.8) is 0 Å². The SMILES string of the molecule is COc1ccccc1-n1c(=O)c2cnc(Nc3ccc(N4CCN(C)CC4)c(C)c3)nc2n1C. The lowest BCUT2D eigenvalue weighted by Gasteiger charge is -2.35. The van der Waals surface area contributed by atoms with Crippen molar-refractivity contribution in [2.45, 2.75) is 6.92 Å². The van der Waals surface area contributed by atoms with Gasteiger partial charge in [0.2, 0.25) is 5.95 Å². The van der Waals surface area contributed by atoms with Gasteiger partial charge in [0.25, 0.3) is 5.56 Å². The molecule has 4 aromatic rings. The first-order valence-corrected chi connectivity index (χ1v) is 11.4. The number of nitrogens with one attached hydrogen (secondary N) is 1. The number of benzene rings is 2. The van der Waals surface area contributed by atoms with E-state index in [1.54, 1.807) is 22.7 Å². The summed E-state index contributed by atoms with van der Waals surface area (Å²) < 4.78 is 8.73. The third kappa shape index (κ3) is 3.88. The largest absolute Gasteiger partial charge is 0.494 e. The molecule has 1 fully saturated rings. The molecule has 1 N–H and O–H groups in total. The Balaban J connectivity index is 1.45. The first-order valence-electron chi connectivity index (χ1n) is 11.4. The number of anilines is 3. The zero-order valence-corrected chi connectivity index (χ0v) is 19.9. The smallest absolute Gasteiger partial charge is 0.282 e. The number of likely N-dealkylation sites (N-methyl/N-ethyl adjacent to an activating group) is 1. The van der Waals surface area contributed by atoms with Crippen LogP contribution in [0, 0.1) is 6.92 Å². The molecule has 5 rings (SSSR count). The standard InChI is InChI=1S/C25H29N7O2/c1-17-15-18(9-10-20(17)31-13-11-29(2)12-14-31)27-25-26-16-19-23(28-25)30(3)32(24(19)33)21-7-5-6-8-22(21)34-4/h5-10,15-16H,11-14H2,1-4H3,(H,26,27,28). The average molecular weight is 460 g/mol. The number of rotatable bonds is 5. The fraction of sp³-hybridized carbons (Fsp3) is 0.320. The Bertz CT molecular complexity index is 1400. The summed E-state index contributed by atoms with van der Waals surface area (Å²) in [6.45, 7) is 6.32. The fourth-order valence-electron chi connectivity index (χ4n) is 4.52. The number of ether oxygens (including phenoxy) is 1. The summed E-state index contributed by atoms with van der Waals surface area (Å²) in [6, 6.07) is 13.7. The maximum atomic E-state index is 13.1. The van der Waals surface area contributed by atoms with Crippen molar-refractivity contribution in [3.05, 3.63) is 64.6 Å². The van der Waals surface area contributed by atoms with Gasteiger partial charge in [-0.25, -0.2) is 9.67 Å². The van der Waals surface area contributed by atoms with Crippen molar-refractivity contribution >= 4 is 28.4 Å². The van der Waals surface area contributed by atoms with E-state index in [1.807, 2.05) is 37.4 Å². The number of methoxy groups -OCH3 is 1. The third-order valence-corrected chi connectivity index (χ3v) is 6.41. The Morgan fingerprint density at radius 1 is 1.00 bits per heavy atom. The van der Waals surface area contributed by atoms with Crippen molar-refractivity contribution in [2.24, 2.45) is 7.05 Å². The van der Waals surface area contributed by atoms with E-state index < -0.39 is 0 Å². The van der Waals surface area contributed by atoms with Crippen LogP contribution in [-0.4, -0.2) is 64.6 Å². The number of fused-ring (bicyclic) bond motifs is 1. The Morgan fingerprint density at radius 3 is 2.50 bits per heavy atom. The second-order valence-electron chi connectivity index (χ2n) is 8.66. The van der Waals surface area contributed by atoms with Gasteiger partial charge in [0.05, 0.1) is 7.11 Å². The molecule has 0 amide bonds. The molecule has 34 heavy (non-hydrogen) atoms. The van der Waals surface area contributed by atoms with Gasteiger partial charge in [0.1, 0.15) is 16.8 Å². The molecule has 2 aromatic heterocycles. The molecule has 3 heterocycles. The van der Waals surface area contributed by atoms with Gasteiger partial charge in [-0.15, -0.1) is 0 Å². The van der Waals surface area contributed by atoms with Gasteiger partial charge >= 0.3 is 0 Å². The Hall–Kier alpha value is -3.85. The number of piperazine rings is 1. The molecule has 9 nitrogen and oxygen atoms in total. The molecule has 2 aromatic carbocycles. The lowest BCUT2D eigenvalue weighted by Crippen LogP contribution is -2.44. The van der Waals surface area contributed by atoms with Crippen LogP contribution in [0.15, 0.2) is 53.5 Å². The van der Waals surface area contributed by atoms with Crippen LogP contribution in [0.5, 0.6) is 5.75 Å². The zero-order valence-electron chi connectivity index (χ0n) is 19.9. The van der Waals surface area contributed by atoms with Crippen LogP contribution < -0.4 is 20.5 Å². The van der Waals surface area contributed by atoms with E-state index in [2.05, 4.69) is 51.2 Å². The van der Waals surface area contributed by atoms with Crippen molar-refractivity contribution in [3.8, 4) is 11.4 Å². The lowest BCUT2D eigenvalue weighted by atomic mass is 10.1. The first kappa shape index (κ1) is 22.0. The van der Waals surface area contributed by atoms with Gasteiger partial charge in [-0.2, -0.15) is 4.98 Å². The molecule has 0 unspecified atom stereocenters. The summed E-state index contributed by atoms with van der Waals surface area (Å²) in [4.78, 5) is 27.0. The number of para-hydroxylation sites is 2. The highest BCUT2D eigenvalue weighted by atomic mass is 16.5. The fourth-order valence-corrected chi connectivity index (χ4v) is 4.52. The van der Waals surface area contributed by atoms with E-state index in [-0.39, 0.29) is 5.56 Å². The zero-order chi connectivity index (χ0) is 23.8. The number of aryl methyl sites for hydroxylation is 2. The summed E-state index contributed by atoms with van der Waals surface area (Å²) in [5.74, 6) is 1.05. The van der Waals surface area contributed by atoms with E-state index in [1.165, 1.54) is 11.3 Å². The Kier molecular flexibility index (Phi) is 5.70. The predicted octanol–water partition coefficient (Wildman–Crippen LogP) is 2.93. The normalized spacial score (nSPS) is 14.5. The van der Waals surface area contributed by atoms with Gasteiger partial charge in [-0.05, 0) is 49.9 Å². The second kappa shape index (κ2) is 8.83. The lowest BCUT2D eigenvalue weighted by molar-refractivity contribution is 0.312. The molecular formula is C25H29N7O2. The van der Waals surface area contributed by atoms with Crippen LogP contribution in [0.25, 0.3) is 16.7 Å². The quantitative estimate of drug-likeness (QED) is 0.492. The number of hydrogen-bond donors (Lipinski definition) is 1. The highest BCUT2D eigenvalue weighted by molar-refractivity contribution is 5.76. The van der Waals surface area contributed by atoms with Crippen LogP contribution >= 0.6 is 0 Å². The number of aromatic nitrogens is 4. The number of nitrogens with zero attached hydrogens (tertiary/aromatic N) is 6. The van der Waals surface area contributed by atoms with Crippen LogP contribution in [0.3, 0.4) is 0 Å². The molecule has 1 aliphatic rings. The average Bonchev–Trinajstić information content (AvgIpc) is 3.09. The Morgan fingerprint density at radius 2 is 1.76 bits per heavy atom. The molecule has 0 spiro atoms. The summed E-state index contributed by atoms with van der Waals surface area (Å²) in [7, 11) is 5.56. The van der Waals surface area contributed by atoms with Crippen LogP contribution in [0.2, 0.25) is 0 Å². The molecule has 9 heteroatoms. The monoisotopic (exact) mass is 459 g/mol. The highest BCUT2D eigenvalue weighted by Crippen LogP contribution is 2.27. The van der Waals surface area contributed by atoms with E-state index >= 15 is 0 Å².